The highest BCUT2D eigenvalue weighted by Crippen LogP contribution is 2.13. The number of hydrogen-bond donors (Lipinski definition) is 2. The molecule has 1 heterocycles. The molecule has 0 fully saturated rings. The fourth-order valence-electron chi connectivity index (χ4n) is 1.13. The van der Waals surface area contributed by atoms with Crippen molar-refractivity contribution < 1.29 is 5.11 Å². The molecule has 0 saturated heterocycles. The van der Waals surface area contributed by atoms with Gasteiger partial charge in [0.2, 0.25) is 0 Å². The number of nitrogens with zero attached hydrogens (tertiary/aromatic N) is 2. The Balaban J connectivity index is 2.80. The Morgan fingerprint density at radius 2 is 2.42 bits per heavy atom. The zero-order valence-corrected chi connectivity index (χ0v) is 7.70. The summed E-state index contributed by atoms with van der Waals surface area (Å²) in [5.41, 5.74) is 1.77. The van der Waals surface area contributed by atoms with Crippen LogP contribution in [0.3, 0.4) is 0 Å². The monoisotopic (exact) mass is 169 g/mol. The van der Waals surface area contributed by atoms with E-state index in [0.717, 1.165) is 11.4 Å². The zero-order chi connectivity index (χ0) is 9.14. The van der Waals surface area contributed by atoms with Crippen LogP contribution >= 0.6 is 0 Å². The van der Waals surface area contributed by atoms with Gasteiger partial charge >= 0.3 is 0 Å². The van der Waals surface area contributed by atoms with E-state index < -0.39 is 6.10 Å². The second-order valence-corrected chi connectivity index (χ2v) is 2.90. The number of aromatic nitrogens is 2. The first-order valence-electron chi connectivity index (χ1n) is 3.97. The van der Waals surface area contributed by atoms with Crippen molar-refractivity contribution in [2.45, 2.75) is 13.0 Å². The molecule has 0 aliphatic rings. The molecule has 1 unspecified atom stereocenters. The Bertz CT molecular complexity index is 257. The van der Waals surface area contributed by atoms with E-state index in [0.29, 0.717) is 6.54 Å². The van der Waals surface area contributed by atoms with Gasteiger partial charge in [-0.25, -0.2) is 4.98 Å². The molecule has 0 saturated carbocycles. The molecule has 68 valence electrons. The van der Waals surface area contributed by atoms with Crippen LogP contribution in [0.4, 0.5) is 0 Å². The highest BCUT2D eigenvalue weighted by molar-refractivity contribution is 5.13. The summed E-state index contributed by atoms with van der Waals surface area (Å²) in [4.78, 5) is 4.11. The quantitative estimate of drug-likeness (QED) is 0.668. The summed E-state index contributed by atoms with van der Waals surface area (Å²) in [5.74, 6) is 0. The van der Waals surface area contributed by atoms with E-state index >= 15 is 0 Å². The minimum Gasteiger partial charge on any atom is -0.385 e. The number of rotatable bonds is 3. The van der Waals surface area contributed by atoms with Gasteiger partial charge < -0.3 is 15.0 Å². The molecule has 0 bridgehead atoms. The molecule has 4 nitrogen and oxygen atoms in total. The molecule has 0 aromatic carbocycles. The lowest BCUT2D eigenvalue weighted by Crippen LogP contribution is -2.17. The second-order valence-electron chi connectivity index (χ2n) is 2.90. The van der Waals surface area contributed by atoms with Gasteiger partial charge in [-0.05, 0) is 14.0 Å². The third kappa shape index (κ3) is 1.65. The average Bonchev–Trinajstić information content (AvgIpc) is 2.34. The van der Waals surface area contributed by atoms with E-state index in [1.807, 2.05) is 25.6 Å². The van der Waals surface area contributed by atoms with Gasteiger partial charge in [-0.15, -0.1) is 0 Å². The molecule has 4 heteroatoms. The van der Waals surface area contributed by atoms with Crippen LogP contribution in [0.1, 0.15) is 17.5 Å². The standard InChI is InChI=1S/C8H15N3O/c1-6-8(7(12)4-9-2)10-5-11(6)3/h5,7,9,12H,4H2,1-3H3. The Hall–Kier alpha value is -0.870. The Morgan fingerprint density at radius 3 is 2.83 bits per heavy atom. The van der Waals surface area contributed by atoms with E-state index in [2.05, 4.69) is 10.3 Å². The first kappa shape index (κ1) is 9.22. The van der Waals surface area contributed by atoms with Crippen molar-refractivity contribution in [1.29, 1.82) is 0 Å². The minimum atomic E-state index is -0.504. The number of likely N-dealkylation sites (N-methyl/N-ethyl adjacent to an activating group) is 1. The summed E-state index contributed by atoms with van der Waals surface area (Å²) in [6, 6.07) is 0. The maximum absolute atomic E-state index is 9.58. The maximum atomic E-state index is 9.58. The van der Waals surface area contributed by atoms with Crippen molar-refractivity contribution in [3.05, 3.63) is 17.7 Å². The van der Waals surface area contributed by atoms with Crippen LogP contribution < -0.4 is 5.32 Å². The molecular formula is C8H15N3O. The van der Waals surface area contributed by atoms with E-state index in [-0.39, 0.29) is 0 Å². The fourth-order valence-corrected chi connectivity index (χ4v) is 1.13. The van der Waals surface area contributed by atoms with Gasteiger partial charge in [0.1, 0.15) is 6.10 Å². The molecule has 0 amide bonds. The molecule has 0 spiro atoms. The van der Waals surface area contributed by atoms with Gasteiger partial charge in [-0.1, -0.05) is 0 Å². The van der Waals surface area contributed by atoms with Crippen molar-refractivity contribution in [1.82, 2.24) is 14.9 Å². The minimum absolute atomic E-state index is 0.504. The van der Waals surface area contributed by atoms with E-state index in [1.54, 1.807) is 6.33 Å². The van der Waals surface area contributed by atoms with Gasteiger partial charge in [0, 0.05) is 19.3 Å². The lowest BCUT2D eigenvalue weighted by Gasteiger charge is -2.07. The lowest BCUT2D eigenvalue weighted by molar-refractivity contribution is 0.172. The molecule has 1 rings (SSSR count). The molecule has 0 aliphatic heterocycles. The highest BCUT2D eigenvalue weighted by atomic mass is 16.3. The fraction of sp³-hybridized carbons (Fsp3) is 0.625. The van der Waals surface area contributed by atoms with Crippen LogP contribution in [0, 0.1) is 6.92 Å². The number of aliphatic hydroxyl groups is 1. The Kier molecular flexibility index (Phi) is 2.83. The van der Waals surface area contributed by atoms with Gasteiger partial charge in [0.05, 0.1) is 12.0 Å². The summed E-state index contributed by atoms with van der Waals surface area (Å²) in [6.07, 6.45) is 1.21. The summed E-state index contributed by atoms with van der Waals surface area (Å²) in [6.45, 7) is 2.49. The van der Waals surface area contributed by atoms with Crippen molar-refractivity contribution in [3.8, 4) is 0 Å². The van der Waals surface area contributed by atoms with Crippen LogP contribution in [0.25, 0.3) is 0 Å². The first-order chi connectivity index (χ1) is 5.66. The van der Waals surface area contributed by atoms with E-state index in [9.17, 15) is 5.11 Å². The second kappa shape index (κ2) is 3.69. The number of aliphatic hydroxyl groups excluding tert-OH is 1. The number of imidazole rings is 1. The van der Waals surface area contributed by atoms with Crippen LogP contribution in [-0.4, -0.2) is 28.3 Å². The van der Waals surface area contributed by atoms with E-state index in [1.165, 1.54) is 0 Å². The largest absolute Gasteiger partial charge is 0.385 e. The van der Waals surface area contributed by atoms with Gasteiger partial charge in [0.25, 0.3) is 0 Å². The van der Waals surface area contributed by atoms with Gasteiger partial charge in [-0.2, -0.15) is 0 Å². The zero-order valence-electron chi connectivity index (χ0n) is 7.70. The molecular weight excluding hydrogens is 154 g/mol. The Morgan fingerprint density at radius 1 is 1.75 bits per heavy atom. The van der Waals surface area contributed by atoms with Crippen LogP contribution in [-0.2, 0) is 7.05 Å². The molecule has 1 aromatic heterocycles. The first-order valence-corrected chi connectivity index (χ1v) is 3.97. The van der Waals surface area contributed by atoms with Crippen molar-refractivity contribution >= 4 is 0 Å². The SMILES string of the molecule is CNCC(O)c1ncn(C)c1C. The summed E-state index contributed by atoms with van der Waals surface area (Å²) in [7, 11) is 3.72. The molecule has 1 aromatic rings. The Labute approximate surface area is 72.2 Å². The third-order valence-electron chi connectivity index (χ3n) is 1.98. The van der Waals surface area contributed by atoms with Crippen LogP contribution in [0.2, 0.25) is 0 Å². The normalized spacial score (nSPS) is 13.3. The summed E-state index contributed by atoms with van der Waals surface area (Å²) in [5, 5.41) is 12.5. The molecule has 12 heavy (non-hydrogen) atoms. The predicted molar refractivity (Wildman–Crippen MR) is 46.8 cm³/mol. The van der Waals surface area contributed by atoms with Crippen LogP contribution in [0.5, 0.6) is 0 Å². The predicted octanol–water partition coefficient (Wildman–Crippen LogP) is -0.0187. The van der Waals surface area contributed by atoms with Crippen molar-refractivity contribution in [2.24, 2.45) is 7.05 Å². The summed E-state index contributed by atoms with van der Waals surface area (Å²) >= 11 is 0. The highest BCUT2D eigenvalue weighted by Gasteiger charge is 2.12. The lowest BCUT2D eigenvalue weighted by atomic mass is 10.2. The summed E-state index contributed by atoms with van der Waals surface area (Å²) < 4.78 is 1.90. The molecule has 1 atom stereocenters. The van der Waals surface area contributed by atoms with Crippen molar-refractivity contribution in [3.63, 3.8) is 0 Å². The smallest absolute Gasteiger partial charge is 0.110 e. The topological polar surface area (TPSA) is 50.1 Å². The van der Waals surface area contributed by atoms with Gasteiger partial charge in [0.15, 0.2) is 0 Å². The van der Waals surface area contributed by atoms with Gasteiger partial charge in [-0.3, -0.25) is 0 Å². The van der Waals surface area contributed by atoms with Crippen LogP contribution in [0.15, 0.2) is 6.33 Å². The number of nitrogens with one attached hydrogen (secondary N) is 1. The number of hydrogen-bond acceptors (Lipinski definition) is 3. The average molecular weight is 169 g/mol. The third-order valence-corrected chi connectivity index (χ3v) is 1.98. The molecule has 2 N–H and O–H groups in total. The number of aryl methyl sites for hydroxylation is 1. The molecule has 0 radical (unpaired) electrons. The maximum Gasteiger partial charge on any atom is 0.110 e. The molecule has 0 aliphatic carbocycles. The van der Waals surface area contributed by atoms with E-state index in [4.69, 9.17) is 0 Å². The van der Waals surface area contributed by atoms with Crippen molar-refractivity contribution in [2.75, 3.05) is 13.6 Å².